The molecule has 2 rings (SSSR count). The second-order valence-corrected chi connectivity index (χ2v) is 5.41. The lowest BCUT2D eigenvalue weighted by Crippen LogP contribution is -1.94. The van der Waals surface area contributed by atoms with Crippen LogP contribution in [0.2, 0.25) is 0 Å². The van der Waals surface area contributed by atoms with Crippen molar-refractivity contribution in [1.29, 1.82) is 0 Å². The smallest absolute Gasteiger partial charge is 0.127 e. The molecule has 0 unspecified atom stereocenters. The van der Waals surface area contributed by atoms with E-state index in [4.69, 9.17) is 0 Å². The molecule has 0 radical (unpaired) electrons. The van der Waals surface area contributed by atoms with E-state index in [9.17, 15) is 15.3 Å². The number of hydrogen-bond donors (Lipinski definition) is 3. The number of rotatable bonds is 1. The highest BCUT2D eigenvalue weighted by Crippen LogP contribution is 2.43. The van der Waals surface area contributed by atoms with Gasteiger partial charge in [0.15, 0.2) is 0 Å². The zero-order valence-corrected chi connectivity index (χ0v) is 12.5. The lowest BCUT2D eigenvalue weighted by atomic mass is 9.91. The van der Waals surface area contributed by atoms with Crippen LogP contribution in [0.1, 0.15) is 27.8 Å². The van der Waals surface area contributed by atoms with Gasteiger partial charge in [0, 0.05) is 11.1 Å². The average Bonchev–Trinajstić information content (AvgIpc) is 2.40. The van der Waals surface area contributed by atoms with Crippen molar-refractivity contribution in [1.82, 2.24) is 0 Å². The van der Waals surface area contributed by atoms with Crippen LogP contribution in [0.15, 0.2) is 12.1 Å². The normalized spacial score (nSPS) is 10.8. The fraction of sp³-hybridized carbons (Fsp3) is 0.294. The van der Waals surface area contributed by atoms with E-state index in [1.807, 2.05) is 26.0 Å². The first-order valence-corrected chi connectivity index (χ1v) is 6.58. The van der Waals surface area contributed by atoms with Gasteiger partial charge in [-0.2, -0.15) is 0 Å². The standard InChI is InChI=1S/C17H20O3/c1-8-6-13(7-9(2)15(8)18)14-12(5)16(19)10(3)11(4)17(14)20/h6-7,18-20H,1-5H3. The summed E-state index contributed by atoms with van der Waals surface area (Å²) in [7, 11) is 0. The van der Waals surface area contributed by atoms with Crippen LogP contribution in [-0.2, 0) is 0 Å². The van der Waals surface area contributed by atoms with Gasteiger partial charge >= 0.3 is 0 Å². The van der Waals surface area contributed by atoms with E-state index in [0.717, 1.165) is 16.7 Å². The predicted octanol–water partition coefficient (Wildman–Crippen LogP) is 4.01. The fourth-order valence-corrected chi connectivity index (χ4v) is 2.57. The van der Waals surface area contributed by atoms with Crippen molar-refractivity contribution in [3.8, 4) is 28.4 Å². The average molecular weight is 272 g/mol. The molecule has 0 heterocycles. The molecule has 106 valence electrons. The summed E-state index contributed by atoms with van der Waals surface area (Å²) in [5.41, 5.74) is 4.92. The highest BCUT2D eigenvalue weighted by Gasteiger charge is 2.18. The molecule has 0 saturated carbocycles. The molecule has 0 bridgehead atoms. The maximum absolute atomic E-state index is 10.4. The van der Waals surface area contributed by atoms with Crippen LogP contribution in [0.4, 0.5) is 0 Å². The molecule has 3 heteroatoms. The van der Waals surface area contributed by atoms with Crippen molar-refractivity contribution in [3.63, 3.8) is 0 Å². The van der Waals surface area contributed by atoms with Crippen molar-refractivity contribution in [2.75, 3.05) is 0 Å². The van der Waals surface area contributed by atoms with Crippen LogP contribution in [0.25, 0.3) is 11.1 Å². The largest absolute Gasteiger partial charge is 0.507 e. The van der Waals surface area contributed by atoms with Crippen LogP contribution < -0.4 is 0 Å². The molecule has 3 N–H and O–H groups in total. The first-order valence-electron chi connectivity index (χ1n) is 6.58. The van der Waals surface area contributed by atoms with Crippen LogP contribution >= 0.6 is 0 Å². The van der Waals surface area contributed by atoms with Crippen LogP contribution in [0.5, 0.6) is 17.2 Å². The van der Waals surface area contributed by atoms with E-state index in [1.165, 1.54) is 0 Å². The molecule has 0 aliphatic carbocycles. The van der Waals surface area contributed by atoms with Crippen LogP contribution in [-0.4, -0.2) is 15.3 Å². The number of phenols is 3. The lowest BCUT2D eigenvalue weighted by Gasteiger charge is -2.17. The minimum absolute atomic E-state index is 0.183. The van der Waals surface area contributed by atoms with Gasteiger partial charge < -0.3 is 15.3 Å². The minimum Gasteiger partial charge on any atom is -0.507 e. The quantitative estimate of drug-likeness (QED) is 0.687. The summed E-state index contributed by atoms with van der Waals surface area (Å²) in [4.78, 5) is 0. The number of aromatic hydroxyl groups is 3. The zero-order valence-electron chi connectivity index (χ0n) is 12.5. The SMILES string of the molecule is Cc1cc(-c2c(C)c(O)c(C)c(C)c2O)cc(C)c1O. The van der Waals surface area contributed by atoms with Gasteiger partial charge in [-0.05, 0) is 74.6 Å². The van der Waals surface area contributed by atoms with Crippen LogP contribution in [0, 0.1) is 34.6 Å². The molecular formula is C17H20O3. The third kappa shape index (κ3) is 1.99. The van der Waals surface area contributed by atoms with E-state index < -0.39 is 0 Å². The van der Waals surface area contributed by atoms with Crippen molar-refractivity contribution < 1.29 is 15.3 Å². The summed E-state index contributed by atoms with van der Waals surface area (Å²) in [6.07, 6.45) is 0. The van der Waals surface area contributed by atoms with E-state index in [0.29, 0.717) is 22.3 Å². The molecule has 2 aromatic carbocycles. The Morgan fingerprint density at radius 3 is 1.55 bits per heavy atom. The van der Waals surface area contributed by atoms with Crippen LogP contribution in [0.3, 0.4) is 0 Å². The summed E-state index contributed by atoms with van der Waals surface area (Å²) in [6, 6.07) is 3.64. The number of benzene rings is 2. The van der Waals surface area contributed by atoms with E-state index in [2.05, 4.69) is 0 Å². The summed E-state index contributed by atoms with van der Waals surface area (Å²) < 4.78 is 0. The molecular weight excluding hydrogens is 252 g/mol. The maximum atomic E-state index is 10.4. The maximum Gasteiger partial charge on any atom is 0.127 e. The molecule has 0 amide bonds. The van der Waals surface area contributed by atoms with Gasteiger partial charge in [-0.15, -0.1) is 0 Å². The number of phenolic OH excluding ortho intramolecular Hbond substituents is 3. The van der Waals surface area contributed by atoms with Gasteiger partial charge in [-0.1, -0.05) is 0 Å². The molecule has 0 atom stereocenters. The molecule has 0 aliphatic rings. The van der Waals surface area contributed by atoms with Crippen molar-refractivity contribution in [2.24, 2.45) is 0 Å². The zero-order chi connectivity index (χ0) is 15.2. The Hall–Kier alpha value is -2.16. The number of hydrogen-bond acceptors (Lipinski definition) is 3. The Bertz CT molecular complexity index is 648. The fourth-order valence-electron chi connectivity index (χ4n) is 2.57. The van der Waals surface area contributed by atoms with E-state index in [-0.39, 0.29) is 17.2 Å². The topological polar surface area (TPSA) is 60.7 Å². The molecule has 0 saturated heterocycles. The number of aryl methyl sites for hydroxylation is 2. The highest BCUT2D eigenvalue weighted by molar-refractivity contribution is 5.80. The lowest BCUT2D eigenvalue weighted by molar-refractivity contribution is 0.451. The third-order valence-corrected chi connectivity index (χ3v) is 4.02. The molecule has 0 aromatic heterocycles. The van der Waals surface area contributed by atoms with Gasteiger partial charge in [0.2, 0.25) is 0 Å². The van der Waals surface area contributed by atoms with E-state index in [1.54, 1.807) is 20.8 Å². The summed E-state index contributed by atoms with van der Waals surface area (Å²) >= 11 is 0. The molecule has 0 fully saturated rings. The first-order chi connectivity index (χ1) is 9.25. The van der Waals surface area contributed by atoms with Gasteiger partial charge in [0.1, 0.15) is 17.2 Å². The predicted molar refractivity (Wildman–Crippen MR) is 80.6 cm³/mol. The van der Waals surface area contributed by atoms with Crippen molar-refractivity contribution >= 4 is 0 Å². The summed E-state index contributed by atoms with van der Waals surface area (Å²) in [5, 5.41) is 30.5. The van der Waals surface area contributed by atoms with Gasteiger partial charge in [-0.25, -0.2) is 0 Å². The Morgan fingerprint density at radius 2 is 1.05 bits per heavy atom. The summed E-state index contributed by atoms with van der Waals surface area (Å²) in [6.45, 7) is 8.99. The first kappa shape index (κ1) is 14.3. The Labute approximate surface area is 119 Å². The molecule has 2 aromatic rings. The Kier molecular flexibility index (Phi) is 3.38. The highest BCUT2D eigenvalue weighted by atomic mass is 16.3. The third-order valence-electron chi connectivity index (χ3n) is 4.02. The van der Waals surface area contributed by atoms with Gasteiger partial charge in [0.25, 0.3) is 0 Å². The van der Waals surface area contributed by atoms with E-state index >= 15 is 0 Å². The van der Waals surface area contributed by atoms with Gasteiger partial charge in [0.05, 0.1) is 0 Å². The van der Waals surface area contributed by atoms with Crippen molar-refractivity contribution in [2.45, 2.75) is 34.6 Å². The molecule has 3 nitrogen and oxygen atoms in total. The molecule has 0 spiro atoms. The van der Waals surface area contributed by atoms with Crippen molar-refractivity contribution in [3.05, 3.63) is 39.9 Å². The second kappa shape index (κ2) is 4.75. The van der Waals surface area contributed by atoms with Gasteiger partial charge in [-0.3, -0.25) is 0 Å². The Balaban J connectivity index is 2.83. The summed E-state index contributed by atoms with van der Waals surface area (Å²) in [5.74, 6) is 0.653. The Morgan fingerprint density at radius 1 is 0.600 bits per heavy atom. The monoisotopic (exact) mass is 272 g/mol. The second-order valence-electron chi connectivity index (χ2n) is 5.41. The molecule has 20 heavy (non-hydrogen) atoms. The minimum atomic E-state index is 0.183. The molecule has 0 aliphatic heterocycles.